The second-order valence-electron chi connectivity index (χ2n) is 9.71. The number of hydrogen-bond acceptors (Lipinski definition) is 13. The summed E-state index contributed by atoms with van der Waals surface area (Å²) in [5.74, 6) is -0.170. The number of imidazole rings is 1. The standard InChI is InChI=1S/C22H27FN8O8P2S/c23-14-12(38-21(16(14)39-42)31-8-27-15-18(31)28-22(24)29-20(15)33)6-36-41-35-4-9-3-13(37-11(9)5-34-40)30-2-1-10-17(30)25-7-26-19(10)32/h1-2,7-9,11-14,16,21,41-42H,3-6,40H2,(H,25,26,32)(H3,24,28,29,33)/t9-,11-,12-,13-,14-,16-,21-/m1/s1. The van der Waals surface area contributed by atoms with Gasteiger partial charge in [0.05, 0.1) is 44.0 Å². The molecule has 0 aromatic carbocycles. The van der Waals surface area contributed by atoms with Crippen LogP contribution in [0.4, 0.5) is 10.3 Å². The van der Waals surface area contributed by atoms with Crippen LogP contribution in [-0.4, -0.2) is 78.4 Å². The lowest BCUT2D eigenvalue weighted by atomic mass is 10.0. The Labute approximate surface area is 245 Å². The summed E-state index contributed by atoms with van der Waals surface area (Å²) in [5.41, 5.74) is 5.56. The van der Waals surface area contributed by atoms with Crippen molar-refractivity contribution in [3.63, 3.8) is 0 Å². The van der Waals surface area contributed by atoms with Gasteiger partial charge in [0.25, 0.3) is 11.1 Å². The van der Waals surface area contributed by atoms with E-state index in [1.807, 2.05) is 4.57 Å². The van der Waals surface area contributed by atoms with Crippen molar-refractivity contribution in [1.82, 2.24) is 34.1 Å². The Morgan fingerprint density at radius 3 is 2.79 bits per heavy atom. The summed E-state index contributed by atoms with van der Waals surface area (Å²) in [6.07, 6.45) is -0.430. The van der Waals surface area contributed by atoms with Crippen LogP contribution in [0.1, 0.15) is 18.9 Å². The van der Waals surface area contributed by atoms with E-state index in [9.17, 15) is 9.59 Å². The van der Waals surface area contributed by atoms with Crippen LogP contribution in [0.2, 0.25) is 0 Å². The number of H-pyrrole nitrogens is 2. The molecule has 6 rings (SSSR count). The molecule has 2 aliphatic rings. The highest BCUT2D eigenvalue weighted by atomic mass is 32.1. The molecule has 42 heavy (non-hydrogen) atoms. The van der Waals surface area contributed by atoms with Crippen LogP contribution in [0.25, 0.3) is 22.2 Å². The van der Waals surface area contributed by atoms with Crippen LogP contribution < -0.4 is 16.9 Å². The molecular formula is C22H27FN8O8P2S. The summed E-state index contributed by atoms with van der Waals surface area (Å²) in [4.78, 5) is 41.5. The Morgan fingerprint density at radius 1 is 1.14 bits per heavy atom. The summed E-state index contributed by atoms with van der Waals surface area (Å²) >= 11 is 3.82. The number of thiol groups is 1. The molecule has 4 aromatic rings. The Morgan fingerprint density at radius 2 is 1.98 bits per heavy atom. The van der Waals surface area contributed by atoms with Crippen molar-refractivity contribution in [2.24, 2.45) is 5.92 Å². The van der Waals surface area contributed by atoms with Gasteiger partial charge >= 0.3 is 0 Å². The Hall–Kier alpha value is -2.53. The molecule has 0 spiro atoms. The van der Waals surface area contributed by atoms with Crippen LogP contribution >= 0.6 is 31.4 Å². The van der Waals surface area contributed by atoms with Gasteiger partial charge in [-0.1, -0.05) is 0 Å². The van der Waals surface area contributed by atoms with Gasteiger partial charge in [0.1, 0.15) is 18.0 Å². The maximum absolute atomic E-state index is 15.2. The van der Waals surface area contributed by atoms with E-state index < -0.39 is 39.2 Å². The molecule has 0 amide bonds. The number of nitrogens with zero attached hydrogens (tertiary/aromatic N) is 5. The lowest BCUT2D eigenvalue weighted by molar-refractivity contribution is -0.0397. The topological polar surface area (TPSA) is 196 Å². The fourth-order valence-electron chi connectivity index (χ4n) is 5.21. The molecule has 4 N–H and O–H groups in total. The number of nitrogens with two attached hydrogens (primary N) is 1. The van der Waals surface area contributed by atoms with E-state index >= 15 is 4.39 Å². The molecule has 2 fully saturated rings. The van der Waals surface area contributed by atoms with Gasteiger partial charge in [0.2, 0.25) is 5.95 Å². The first-order valence-corrected chi connectivity index (χ1v) is 14.4. The third kappa shape index (κ3) is 5.58. The van der Waals surface area contributed by atoms with Crippen molar-refractivity contribution in [2.45, 2.75) is 43.4 Å². The first-order valence-electron chi connectivity index (χ1n) is 12.7. The molecule has 2 saturated heterocycles. The van der Waals surface area contributed by atoms with E-state index in [0.29, 0.717) is 30.7 Å². The average Bonchev–Trinajstić information content (AvgIpc) is 3.74. The minimum atomic E-state index is -1.61. The van der Waals surface area contributed by atoms with Gasteiger partial charge < -0.3 is 42.5 Å². The van der Waals surface area contributed by atoms with Crippen molar-refractivity contribution in [3.05, 3.63) is 45.6 Å². The highest BCUT2D eigenvalue weighted by Crippen LogP contribution is 2.38. The van der Waals surface area contributed by atoms with Gasteiger partial charge in [-0.3, -0.25) is 19.1 Å². The first-order chi connectivity index (χ1) is 20.4. The van der Waals surface area contributed by atoms with Gasteiger partial charge in [-0.15, -0.1) is 0 Å². The number of nitrogens with one attached hydrogen (secondary N) is 2. The molecule has 9 atom stereocenters. The quantitative estimate of drug-likeness (QED) is 0.0789. The highest BCUT2D eigenvalue weighted by Gasteiger charge is 2.48. The molecule has 0 saturated carbocycles. The maximum Gasteiger partial charge on any atom is 0.280 e. The minimum absolute atomic E-state index is 0.0223. The molecule has 6 heterocycles. The summed E-state index contributed by atoms with van der Waals surface area (Å²) < 4.78 is 52.2. The van der Waals surface area contributed by atoms with E-state index in [1.54, 1.807) is 12.3 Å². The second-order valence-corrected chi connectivity index (χ2v) is 11.0. The van der Waals surface area contributed by atoms with E-state index in [4.69, 9.17) is 33.0 Å². The number of aromatic amines is 2. The molecule has 4 aromatic heterocycles. The van der Waals surface area contributed by atoms with E-state index in [-0.39, 0.29) is 47.5 Å². The zero-order valence-electron chi connectivity index (χ0n) is 21.7. The number of ether oxygens (including phenoxy) is 2. The van der Waals surface area contributed by atoms with Gasteiger partial charge in [-0.25, -0.2) is 14.4 Å². The van der Waals surface area contributed by atoms with Gasteiger partial charge in [-0.05, 0) is 19.0 Å². The SMILES string of the molecule is Nc1nc2c(ncn2[C@@H]2O[C@H](COPOC[C@H]3C[C@H](n4ccc5c(=O)[nH]cnc54)O[C@@H]3COP)[C@@H](F)[C@H]2OS)c(=O)[nH]1. The summed E-state index contributed by atoms with van der Waals surface area (Å²) in [6, 6.07) is 1.70. The smallest absolute Gasteiger partial charge is 0.280 e. The monoisotopic (exact) mass is 644 g/mol. The summed E-state index contributed by atoms with van der Waals surface area (Å²) in [6.45, 7) is 0.469. The van der Waals surface area contributed by atoms with Gasteiger partial charge in [0.15, 0.2) is 38.7 Å². The fraction of sp³-hybridized carbons (Fsp3) is 0.500. The van der Waals surface area contributed by atoms with E-state index in [1.165, 1.54) is 17.2 Å². The lowest BCUT2D eigenvalue weighted by Gasteiger charge is -2.18. The molecule has 0 radical (unpaired) electrons. The molecule has 226 valence electrons. The Balaban J connectivity index is 1.04. The van der Waals surface area contributed by atoms with E-state index in [2.05, 4.69) is 47.3 Å². The first kappa shape index (κ1) is 29.5. The molecule has 0 aliphatic carbocycles. The lowest BCUT2D eigenvalue weighted by Crippen LogP contribution is -2.30. The summed E-state index contributed by atoms with van der Waals surface area (Å²) in [7, 11) is 1.80. The van der Waals surface area contributed by atoms with Crippen molar-refractivity contribution in [3.8, 4) is 0 Å². The zero-order chi connectivity index (χ0) is 29.4. The Kier molecular flexibility index (Phi) is 8.86. The number of fused-ring (bicyclic) bond motifs is 2. The van der Waals surface area contributed by atoms with Gasteiger partial charge in [-0.2, -0.15) is 4.98 Å². The van der Waals surface area contributed by atoms with Crippen molar-refractivity contribution in [1.29, 1.82) is 0 Å². The predicted octanol–water partition coefficient (Wildman–Crippen LogP) is 1.16. The molecule has 16 nitrogen and oxygen atoms in total. The number of alkyl halides is 1. The van der Waals surface area contributed by atoms with Crippen LogP contribution in [0, 0.1) is 5.92 Å². The number of anilines is 1. The molecule has 2 aliphatic heterocycles. The number of nitrogen functional groups attached to an aromatic ring is 1. The van der Waals surface area contributed by atoms with Gasteiger partial charge in [0, 0.05) is 28.0 Å². The highest BCUT2D eigenvalue weighted by molar-refractivity contribution is 7.75. The Bertz CT molecular complexity index is 1670. The van der Waals surface area contributed by atoms with Crippen LogP contribution in [-0.2, 0) is 27.2 Å². The normalized spacial score (nSPS) is 28.2. The third-order valence-corrected chi connectivity index (χ3v) is 8.23. The second kappa shape index (κ2) is 12.6. The van der Waals surface area contributed by atoms with Crippen LogP contribution in [0.15, 0.2) is 34.5 Å². The van der Waals surface area contributed by atoms with Crippen molar-refractivity contribution < 1.29 is 31.6 Å². The minimum Gasteiger partial charge on any atom is -0.369 e. The largest absolute Gasteiger partial charge is 0.369 e. The van der Waals surface area contributed by atoms with Crippen LogP contribution in [0.3, 0.4) is 0 Å². The predicted molar refractivity (Wildman–Crippen MR) is 153 cm³/mol. The van der Waals surface area contributed by atoms with Crippen LogP contribution in [0.5, 0.6) is 0 Å². The average molecular weight is 645 g/mol. The summed E-state index contributed by atoms with van der Waals surface area (Å²) in [5, 5.41) is 0.470. The number of aromatic nitrogens is 7. The number of rotatable bonds is 11. The van der Waals surface area contributed by atoms with E-state index in [0.717, 1.165) is 0 Å². The molecule has 0 bridgehead atoms. The third-order valence-electron chi connectivity index (χ3n) is 7.22. The molecular weight excluding hydrogens is 617 g/mol. The molecule has 20 heteroatoms. The number of hydrogen-bond donors (Lipinski definition) is 4. The fourth-order valence-corrected chi connectivity index (χ4v) is 6.22. The van der Waals surface area contributed by atoms with Crippen molar-refractivity contribution >= 4 is 59.6 Å². The number of halogens is 1. The maximum atomic E-state index is 15.2. The van der Waals surface area contributed by atoms with Crippen molar-refractivity contribution in [2.75, 3.05) is 25.6 Å². The zero-order valence-corrected chi connectivity index (χ0v) is 24.7. The molecule has 2 unspecified atom stereocenters.